The molecule has 0 bridgehead atoms. The van der Waals surface area contributed by atoms with Crippen LogP contribution in [0.25, 0.3) is 22.7 Å². The minimum absolute atomic E-state index is 0.00331. The normalized spacial score (nSPS) is 15.2. The first kappa shape index (κ1) is 25.0. The van der Waals surface area contributed by atoms with Gasteiger partial charge in [-0.1, -0.05) is 59.7 Å². The van der Waals surface area contributed by atoms with Crippen LogP contribution >= 0.6 is 0 Å². The quantitative estimate of drug-likeness (QED) is 0.330. The largest absolute Gasteiger partial charge is 0.417 e. The summed E-state index contributed by atoms with van der Waals surface area (Å²) in [6, 6.07) is 17.8. The molecular formula is C28H18F3N7O2. The average Bonchev–Trinajstić information content (AvgIpc) is 3.38. The van der Waals surface area contributed by atoms with Crippen molar-refractivity contribution in [1.29, 1.82) is 0 Å². The highest BCUT2D eigenvalue weighted by Gasteiger charge is 2.33. The molecule has 12 heteroatoms. The molecule has 1 unspecified atom stereocenters. The Hall–Kier alpha value is -5.26. The highest BCUT2D eigenvalue weighted by atomic mass is 19.4. The SMILES string of the molecule is O=C1Cc2ccccc2C(c2ccccc2)=NC1Nc1nnc(-c2ncc(C(F)(F)F)cc2-c2cncnc2)o1. The smallest absolute Gasteiger partial charge is 0.402 e. The molecule has 5 aromatic rings. The maximum Gasteiger partial charge on any atom is 0.417 e. The van der Waals surface area contributed by atoms with Crippen LogP contribution < -0.4 is 5.32 Å². The van der Waals surface area contributed by atoms with Gasteiger partial charge in [-0.15, -0.1) is 5.10 Å². The standard InChI is InChI=1S/C28H18F3N7O2/c29-28(30,31)19-11-21(18-12-32-15-33-13-18)24(34-14-19)26-37-38-27(40-26)36-25-22(39)10-17-8-4-5-9-20(17)23(35-25)16-6-2-1-3-7-16/h1-9,11-15,25H,10H2,(H,36,38). The number of hydrogen-bond acceptors (Lipinski definition) is 9. The molecular weight excluding hydrogens is 523 g/mol. The van der Waals surface area contributed by atoms with Gasteiger partial charge in [0.05, 0.1) is 11.3 Å². The zero-order valence-corrected chi connectivity index (χ0v) is 20.5. The van der Waals surface area contributed by atoms with Crippen LogP contribution in [0.2, 0.25) is 0 Å². The Bertz CT molecular complexity index is 1720. The summed E-state index contributed by atoms with van der Waals surface area (Å²) in [6.45, 7) is 0. The lowest BCUT2D eigenvalue weighted by atomic mass is 9.96. The minimum atomic E-state index is -4.62. The summed E-state index contributed by atoms with van der Waals surface area (Å²) in [6.07, 6.45) is -0.918. The summed E-state index contributed by atoms with van der Waals surface area (Å²) in [5.41, 5.74) is 2.47. The summed E-state index contributed by atoms with van der Waals surface area (Å²) < 4.78 is 46.0. The molecule has 198 valence electrons. The van der Waals surface area contributed by atoms with E-state index in [9.17, 15) is 18.0 Å². The van der Waals surface area contributed by atoms with E-state index in [1.54, 1.807) is 0 Å². The van der Waals surface area contributed by atoms with Crippen LogP contribution in [0.15, 0.2) is 95.0 Å². The number of benzene rings is 2. The molecule has 0 amide bonds. The van der Waals surface area contributed by atoms with Crippen LogP contribution in [-0.2, 0) is 17.4 Å². The van der Waals surface area contributed by atoms with Crippen molar-refractivity contribution >= 4 is 17.5 Å². The van der Waals surface area contributed by atoms with Crippen molar-refractivity contribution in [3.05, 3.63) is 108 Å². The van der Waals surface area contributed by atoms with Gasteiger partial charge in [-0.05, 0) is 11.6 Å². The van der Waals surface area contributed by atoms with Crippen LogP contribution in [0.4, 0.5) is 19.2 Å². The maximum atomic E-state index is 13.4. The highest BCUT2D eigenvalue weighted by molar-refractivity contribution is 6.16. The number of ketones is 1. The van der Waals surface area contributed by atoms with Crippen molar-refractivity contribution in [3.63, 3.8) is 0 Å². The minimum Gasteiger partial charge on any atom is -0.402 e. The zero-order chi connectivity index (χ0) is 27.7. The maximum absolute atomic E-state index is 13.4. The van der Waals surface area contributed by atoms with E-state index >= 15 is 0 Å². The third kappa shape index (κ3) is 4.94. The lowest BCUT2D eigenvalue weighted by Gasteiger charge is -2.12. The summed E-state index contributed by atoms with van der Waals surface area (Å²) in [5, 5.41) is 10.8. The Kier molecular flexibility index (Phi) is 6.34. The Morgan fingerprint density at radius 1 is 0.875 bits per heavy atom. The summed E-state index contributed by atoms with van der Waals surface area (Å²) in [4.78, 5) is 29.7. The number of aliphatic imine (C=N–C) groups is 1. The number of carbonyl (C=O) groups excluding carboxylic acids is 1. The monoisotopic (exact) mass is 541 g/mol. The number of carbonyl (C=O) groups is 1. The molecule has 3 aromatic heterocycles. The van der Waals surface area contributed by atoms with Crippen molar-refractivity contribution in [2.75, 3.05) is 5.32 Å². The average molecular weight is 541 g/mol. The predicted molar refractivity (Wildman–Crippen MR) is 138 cm³/mol. The van der Waals surface area contributed by atoms with Gasteiger partial charge < -0.3 is 9.73 Å². The molecule has 1 atom stereocenters. The number of halogens is 3. The number of alkyl halides is 3. The van der Waals surface area contributed by atoms with E-state index in [0.29, 0.717) is 11.9 Å². The van der Waals surface area contributed by atoms with Gasteiger partial charge in [-0.2, -0.15) is 13.2 Å². The van der Waals surface area contributed by atoms with Crippen LogP contribution in [0, 0.1) is 0 Å². The van der Waals surface area contributed by atoms with Crippen LogP contribution in [-0.4, -0.2) is 42.8 Å². The Morgan fingerprint density at radius 3 is 2.40 bits per heavy atom. The van der Waals surface area contributed by atoms with E-state index in [-0.39, 0.29) is 40.9 Å². The second-order valence-corrected chi connectivity index (χ2v) is 8.85. The third-order valence-corrected chi connectivity index (χ3v) is 6.22. The van der Waals surface area contributed by atoms with Gasteiger partial charge in [0.15, 0.2) is 11.9 Å². The number of nitrogens with one attached hydrogen (secondary N) is 1. The van der Waals surface area contributed by atoms with Gasteiger partial charge in [0.2, 0.25) is 0 Å². The second kappa shape index (κ2) is 10.1. The fraction of sp³-hybridized carbons (Fsp3) is 0.107. The number of nitrogens with zero attached hydrogens (tertiary/aromatic N) is 6. The number of aromatic nitrogens is 5. The Morgan fingerprint density at radius 2 is 1.62 bits per heavy atom. The molecule has 0 spiro atoms. The summed E-state index contributed by atoms with van der Waals surface area (Å²) in [5.74, 6) is -0.389. The Labute approximate surface area is 224 Å². The highest BCUT2D eigenvalue weighted by Crippen LogP contribution is 2.36. The first-order valence-corrected chi connectivity index (χ1v) is 12.0. The second-order valence-electron chi connectivity index (χ2n) is 8.85. The fourth-order valence-electron chi connectivity index (χ4n) is 4.34. The molecule has 0 saturated carbocycles. The van der Waals surface area contributed by atoms with Gasteiger partial charge in [0, 0.05) is 47.3 Å². The van der Waals surface area contributed by atoms with Crippen molar-refractivity contribution in [2.24, 2.45) is 4.99 Å². The first-order chi connectivity index (χ1) is 19.4. The molecule has 0 aliphatic carbocycles. The molecule has 1 aliphatic rings. The molecule has 6 rings (SSSR count). The third-order valence-electron chi connectivity index (χ3n) is 6.22. The molecule has 1 N–H and O–H groups in total. The molecule has 1 aliphatic heterocycles. The number of anilines is 1. The van der Waals surface area contributed by atoms with Gasteiger partial charge in [0.1, 0.15) is 12.0 Å². The molecule has 0 saturated heterocycles. The molecule has 4 heterocycles. The topological polar surface area (TPSA) is 119 Å². The van der Waals surface area contributed by atoms with E-state index < -0.39 is 17.9 Å². The fourth-order valence-corrected chi connectivity index (χ4v) is 4.34. The van der Waals surface area contributed by atoms with Gasteiger partial charge >= 0.3 is 12.2 Å². The van der Waals surface area contributed by atoms with E-state index in [4.69, 9.17) is 9.41 Å². The number of Topliss-reactive ketones (excluding diaryl/α,β-unsaturated/α-hetero) is 1. The van der Waals surface area contributed by atoms with Crippen molar-refractivity contribution in [3.8, 4) is 22.7 Å². The molecule has 40 heavy (non-hydrogen) atoms. The Balaban J connectivity index is 1.36. The van der Waals surface area contributed by atoms with E-state index in [2.05, 4.69) is 30.5 Å². The molecule has 9 nitrogen and oxygen atoms in total. The van der Waals surface area contributed by atoms with E-state index in [0.717, 1.165) is 22.8 Å². The van der Waals surface area contributed by atoms with E-state index in [1.807, 2.05) is 54.6 Å². The van der Waals surface area contributed by atoms with Crippen LogP contribution in [0.3, 0.4) is 0 Å². The lowest BCUT2D eigenvalue weighted by molar-refractivity contribution is -0.137. The van der Waals surface area contributed by atoms with Gasteiger partial charge in [0.25, 0.3) is 5.89 Å². The first-order valence-electron chi connectivity index (χ1n) is 12.0. The van der Waals surface area contributed by atoms with Gasteiger partial charge in [-0.25, -0.2) is 15.0 Å². The lowest BCUT2D eigenvalue weighted by Crippen LogP contribution is -2.29. The van der Waals surface area contributed by atoms with Gasteiger partial charge in [-0.3, -0.25) is 9.79 Å². The van der Waals surface area contributed by atoms with Crippen LogP contribution in [0.1, 0.15) is 22.3 Å². The number of pyridine rings is 1. The molecule has 0 fully saturated rings. The van der Waals surface area contributed by atoms with Crippen LogP contribution in [0.5, 0.6) is 0 Å². The summed E-state index contributed by atoms with van der Waals surface area (Å²) >= 11 is 0. The number of fused-ring (bicyclic) bond motifs is 1. The predicted octanol–water partition coefficient (Wildman–Crippen LogP) is 5.01. The zero-order valence-electron chi connectivity index (χ0n) is 20.5. The summed E-state index contributed by atoms with van der Waals surface area (Å²) in [7, 11) is 0. The van der Waals surface area contributed by atoms with Crippen molar-refractivity contribution in [2.45, 2.75) is 18.8 Å². The van der Waals surface area contributed by atoms with Crippen molar-refractivity contribution < 1.29 is 22.4 Å². The number of rotatable bonds is 5. The van der Waals surface area contributed by atoms with Crippen molar-refractivity contribution in [1.82, 2.24) is 25.1 Å². The van der Waals surface area contributed by atoms with E-state index in [1.165, 1.54) is 18.7 Å². The molecule has 2 aromatic carbocycles. The number of hydrogen-bond donors (Lipinski definition) is 1. The molecule has 0 radical (unpaired) electrons.